The van der Waals surface area contributed by atoms with Crippen molar-refractivity contribution in [1.82, 2.24) is 95.4 Å². The van der Waals surface area contributed by atoms with E-state index >= 15 is 0 Å². The minimum atomic E-state index is 0. The van der Waals surface area contributed by atoms with Crippen LogP contribution in [-0.4, -0.2) is 70.1 Å². The van der Waals surface area contributed by atoms with Crippen molar-refractivity contribution in [2.24, 2.45) is 0 Å². The van der Waals surface area contributed by atoms with E-state index in [1.54, 1.807) is 25.5 Å². The summed E-state index contributed by atoms with van der Waals surface area (Å²) in [5.41, 5.74) is 19.0. The molecule has 0 saturated heterocycles. The predicted molar refractivity (Wildman–Crippen MR) is 418 cm³/mol. The third-order valence-corrected chi connectivity index (χ3v) is 17.9. The van der Waals surface area contributed by atoms with Crippen LogP contribution in [0.4, 0.5) is 0 Å². The molecule has 5 aromatic carbocycles. The smallest absolute Gasteiger partial charge is 0.655 e. The fraction of sp³-hybridized carbons (Fsp3) is 0.0805. The number of rotatable bonds is 6. The zero-order valence-electron chi connectivity index (χ0n) is 60.0. The number of para-hydroxylation sites is 2. The first kappa shape index (κ1) is 76.4. The first-order chi connectivity index (χ1) is 52.0. The third kappa shape index (κ3) is 16.9. The summed E-state index contributed by atoms with van der Waals surface area (Å²) in [6.45, 7) is 13.8. The van der Waals surface area contributed by atoms with E-state index in [9.17, 15) is 0 Å². The maximum absolute atomic E-state index is 4.76. The fourth-order valence-electron chi connectivity index (χ4n) is 12.6. The average molecular weight is 1950 g/mol. The van der Waals surface area contributed by atoms with Crippen LogP contribution in [0.2, 0.25) is 0 Å². The predicted octanol–water partition coefficient (Wildman–Crippen LogP) is 17.6. The maximum Gasteiger partial charge on any atom is 2.00 e. The van der Waals surface area contributed by atoms with Gasteiger partial charge in [0.2, 0.25) is 0 Å². The van der Waals surface area contributed by atoms with E-state index in [4.69, 9.17) is 9.97 Å². The minimum absolute atomic E-state index is 0. The van der Waals surface area contributed by atoms with Gasteiger partial charge in [0.15, 0.2) is 0 Å². The second-order valence-electron chi connectivity index (χ2n) is 25.0. The molecule has 0 N–H and O–H groups in total. The van der Waals surface area contributed by atoms with Crippen LogP contribution in [0.25, 0.3) is 156 Å². The molecule has 2 aliphatic carbocycles. The van der Waals surface area contributed by atoms with Crippen molar-refractivity contribution in [3.63, 3.8) is 0 Å². The molecule has 20 rings (SSSR count). The van der Waals surface area contributed by atoms with E-state index in [1.807, 2.05) is 209 Å². The van der Waals surface area contributed by atoms with Gasteiger partial charge in [0.25, 0.3) is 0 Å². The molecule has 13 heterocycles. The molecule has 0 unspecified atom stereocenters. The van der Waals surface area contributed by atoms with Crippen LogP contribution in [-0.2, 0) is 59.4 Å². The molecule has 109 heavy (non-hydrogen) atoms. The Hall–Kier alpha value is -12.3. The van der Waals surface area contributed by atoms with Crippen molar-refractivity contribution in [3.8, 4) is 79.7 Å². The zero-order chi connectivity index (χ0) is 72.5. The van der Waals surface area contributed by atoms with Crippen molar-refractivity contribution < 1.29 is 59.4 Å². The molecule has 532 valence electrons. The largest absolute Gasteiger partial charge is 2.00 e. The van der Waals surface area contributed by atoms with Crippen LogP contribution in [0.5, 0.6) is 0 Å². The Kier molecular flexibility index (Phi) is 24.5. The summed E-state index contributed by atoms with van der Waals surface area (Å²) in [5.74, 6) is 3.79. The first-order valence-corrected chi connectivity index (χ1v) is 34.3. The Morgan fingerprint density at radius 2 is 0.716 bits per heavy atom. The number of pyridine rings is 8. The van der Waals surface area contributed by atoms with Gasteiger partial charge in [0.05, 0.1) is 39.5 Å². The standard InChI is InChI=1S/C19H12N.2C18H14N3.2C12H9N4.C8H7N4.3Os/c1-2-6-14-10-18(11-15(14)7-3-1)19-12-16-8-4-5-9-17(16)13-20-19;2*1-11-14-7-3-4-8-15(14)21-18(11)17-12(2)16-13(10-20-17)6-5-9-19-16;2*1-8-14-12(16-15-8)11-10-5-3-2-4-9(10)6-7-13-11;1-6-10-8(12-11-6)7-4-2-3-5-9-7;;;/h1-10,12-13H;2*3-10H,1-2H3;2*2-7H,1H3;2-5H,1H3;;;/q6*-1;3*+2. The van der Waals surface area contributed by atoms with Gasteiger partial charge in [-0.05, 0) is 158 Å². The second kappa shape index (κ2) is 35.0. The number of benzene rings is 5. The van der Waals surface area contributed by atoms with Crippen LogP contribution in [0, 0.1) is 54.5 Å². The monoisotopic (exact) mass is 1950 g/mol. The molecule has 0 bridgehead atoms. The number of hydrogen-bond acceptors (Lipinski definition) is 14. The Bertz CT molecular complexity index is 6130. The van der Waals surface area contributed by atoms with E-state index in [2.05, 4.69) is 174 Å². The van der Waals surface area contributed by atoms with Gasteiger partial charge in [-0.1, -0.05) is 169 Å². The zero-order valence-corrected chi connectivity index (χ0v) is 67.6. The Balaban J connectivity index is 0.000000122. The van der Waals surface area contributed by atoms with E-state index in [1.165, 1.54) is 38.2 Å². The topological polar surface area (TPSA) is 251 Å². The summed E-state index contributed by atoms with van der Waals surface area (Å²) < 4.78 is 0. The molecule has 0 radical (unpaired) electrons. The first-order valence-electron chi connectivity index (χ1n) is 34.3. The van der Waals surface area contributed by atoms with Crippen LogP contribution >= 0.6 is 0 Å². The fourth-order valence-corrected chi connectivity index (χ4v) is 12.6. The Morgan fingerprint density at radius 1 is 0.284 bits per heavy atom. The Labute approximate surface area is 667 Å². The van der Waals surface area contributed by atoms with Gasteiger partial charge in [-0.2, -0.15) is 0 Å². The van der Waals surface area contributed by atoms with Crippen LogP contribution in [0.3, 0.4) is 0 Å². The quantitative estimate of drug-likeness (QED) is 0.140. The molecular weight excluding hydrogens is 1880 g/mol. The molecule has 0 atom stereocenters. The molecular formula is C87H65N19Os3. The van der Waals surface area contributed by atoms with Gasteiger partial charge in [0.1, 0.15) is 0 Å². The molecule has 19 nitrogen and oxygen atoms in total. The maximum atomic E-state index is 4.76. The van der Waals surface area contributed by atoms with E-state index in [-0.39, 0.29) is 59.4 Å². The van der Waals surface area contributed by atoms with E-state index in [0.29, 0.717) is 34.9 Å². The molecule has 0 aliphatic heterocycles. The van der Waals surface area contributed by atoms with Crippen LogP contribution in [0.1, 0.15) is 39.7 Å². The average Bonchev–Trinajstić information content (AvgIpc) is 1.67. The van der Waals surface area contributed by atoms with Gasteiger partial charge in [-0.3, -0.25) is 55.2 Å². The van der Waals surface area contributed by atoms with Crippen LogP contribution in [0.15, 0.2) is 268 Å². The number of nitrogens with zero attached hydrogens (tertiary/aromatic N) is 19. The summed E-state index contributed by atoms with van der Waals surface area (Å²) in [7, 11) is 0. The Morgan fingerprint density at radius 3 is 1.21 bits per heavy atom. The number of aryl methyl sites for hydroxylation is 7. The van der Waals surface area contributed by atoms with Crippen molar-refractivity contribution in [2.45, 2.75) is 48.5 Å². The normalized spacial score (nSPS) is 10.7. The molecule has 0 saturated carbocycles. The summed E-state index contributed by atoms with van der Waals surface area (Å²) in [6, 6.07) is 76.3. The molecule has 13 aromatic heterocycles. The molecule has 0 fully saturated rings. The summed E-state index contributed by atoms with van der Waals surface area (Å²) in [6.07, 6.45) is 14.6. The van der Waals surface area contributed by atoms with Gasteiger partial charge in [-0.25, -0.2) is 0 Å². The van der Waals surface area contributed by atoms with Crippen LogP contribution < -0.4 is 25.3 Å². The van der Waals surface area contributed by atoms with E-state index in [0.717, 1.165) is 122 Å². The molecule has 18 aromatic rings. The number of fused-ring (bicyclic) bond motifs is 8. The second-order valence-corrected chi connectivity index (χ2v) is 25.0. The van der Waals surface area contributed by atoms with Crippen molar-refractivity contribution in [3.05, 3.63) is 314 Å². The van der Waals surface area contributed by atoms with Crippen molar-refractivity contribution in [1.29, 1.82) is 0 Å². The van der Waals surface area contributed by atoms with Crippen molar-refractivity contribution >= 4 is 75.9 Å². The summed E-state index contributed by atoms with van der Waals surface area (Å²) >= 11 is 0. The molecule has 0 amide bonds. The SMILES string of the molecule is Cc1c(-c2ncc3cccnc3c2C)[n-]c2ccccc12.Cc1c(-c2ncc3cccnc3c2C)[n-]c2ccccc12.Cc1n[n-]c(-c2ccccn2)n1.Cc1n[n-]c(-c2nccc3ccccc23)n1.Cc1n[n-]c(-c2nccc3ccccc23)n1.[Os+2].[Os+2].[Os+2].[c-]1c2cccccc-2cc1-c1cc2ccccc2cn1. The summed E-state index contributed by atoms with van der Waals surface area (Å²) in [4.78, 5) is 57.6. The van der Waals surface area contributed by atoms with Gasteiger partial charge < -0.3 is 40.2 Å². The third-order valence-electron chi connectivity index (χ3n) is 17.9. The molecule has 22 heteroatoms. The van der Waals surface area contributed by atoms with Gasteiger partial charge in [0, 0.05) is 94.3 Å². The number of hydrogen-bond donors (Lipinski definition) is 0. The minimum Gasteiger partial charge on any atom is -0.655 e. The van der Waals surface area contributed by atoms with Crippen molar-refractivity contribution in [2.75, 3.05) is 0 Å². The van der Waals surface area contributed by atoms with Gasteiger partial charge in [-0.15, -0.1) is 57.3 Å². The van der Waals surface area contributed by atoms with Gasteiger partial charge >= 0.3 is 59.4 Å². The molecule has 2 aliphatic rings. The molecule has 0 spiro atoms. The number of aromatic nitrogens is 19. The summed E-state index contributed by atoms with van der Waals surface area (Å²) in [5, 5.41) is 34.7. The van der Waals surface area contributed by atoms with E-state index < -0.39 is 0 Å².